The summed E-state index contributed by atoms with van der Waals surface area (Å²) in [5.41, 5.74) is -0.409. The van der Waals surface area contributed by atoms with Gasteiger partial charge in [0.2, 0.25) is 0 Å². The molecule has 0 radical (unpaired) electrons. The SMILES string of the molecule is CC(C)(C)OC(=O)NCC1CCNC1C1CC1. The molecule has 4 heteroatoms. The lowest BCUT2D eigenvalue weighted by atomic mass is 9.97. The molecule has 98 valence electrons. The summed E-state index contributed by atoms with van der Waals surface area (Å²) >= 11 is 0. The van der Waals surface area contributed by atoms with Gasteiger partial charge in [-0.3, -0.25) is 0 Å². The predicted octanol–water partition coefficient (Wildman–Crippen LogP) is 1.90. The number of hydrogen-bond acceptors (Lipinski definition) is 3. The maximum absolute atomic E-state index is 11.6. The summed E-state index contributed by atoms with van der Waals surface area (Å²) in [5.74, 6) is 1.43. The summed E-state index contributed by atoms with van der Waals surface area (Å²) in [7, 11) is 0. The topological polar surface area (TPSA) is 50.4 Å². The van der Waals surface area contributed by atoms with Crippen LogP contribution in [0.15, 0.2) is 0 Å². The third kappa shape index (κ3) is 3.87. The van der Waals surface area contributed by atoms with Crippen molar-refractivity contribution in [2.75, 3.05) is 13.1 Å². The Morgan fingerprint density at radius 3 is 2.65 bits per heavy atom. The maximum atomic E-state index is 11.6. The molecule has 0 aromatic heterocycles. The third-order valence-electron chi connectivity index (χ3n) is 3.44. The Bertz CT molecular complexity index is 282. The van der Waals surface area contributed by atoms with Gasteiger partial charge in [-0.1, -0.05) is 0 Å². The predicted molar refractivity (Wildman–Crippen MR) is 66.9 cm³/mol. The van der Waals surface area contributed by atoms with E-state index in [0.29, 0.717) is 12.0 Å². The summed E-state index contributed by atoms with van der Waals surface area (Å²) in [6.45, 7) is 7.48. The van der Waals surface area contributed by atoms with Crippen LogP contribution >= 0.6 is 0 Å². The molecular weight excluding hydrogens is 216 g/mol. The molecule has 17 heavy (non-hydrogen) atoms. The Morgan fingerprint density at radius 2 is 2.06 bits per heavy atom. The zero-order valence-corrected chi connectivity index (χ0v) is 11.1. The van der Waals surface area contributed by atoms with Gasteiger partial charge in [-0.2, -0.15) is 0 Å². The van der Waals surface area contributed by atoms with Crippen LogP contribution in [0.4, 0.5) is 4.79 Å². The fourth-order valence-corrected chi connectivity index (χ4v) is 2.55. The van der Waals surface area contributed by atoms with E-state index in [0.717, 1.165) is 25.4 Å². The van der Waals surface area contributed by atoms with Gasteiger partial charge in [0.25, 0.3) is 0 Å². The van der Waals surface area contributed by atoms with Crippen LogP contribution in [0, 0.1) is 11.8 Å². The highest BCUT2D eigenvalue weighted by molar-refractivity contribution is 5.67. The number of hydrogen-bond donors (Lipinski definition) is 2. The number of rotatable bonds is 3. The minimum absolute atomic E-state index is 0.293. The van der Waals surface area contributed by atoms with E-state index in [1.165, 1.54) is 12.8 Å². The van der Waals surface area contributed by atoms with Crippen molar-refractivity contribution in [1.82, 2.24) is 10.6 Å². The molecular formula is C13H24N2O2. The van der Waals surface area contributed by atoms with Crippen molar-refractivity contribution < 1.29 is 9.53 Å². The van der Waals surface area contributed by atoms with Crippen molar-refractivity contribution in [3.8, 4) is 0 Å². The van der Waals surface area contributed by atoms with E-state index in [9.17, 15) is 4.79 Å². The number of carbonyl (C=O) groups excluding carboxylic acids is 1. The minimum Gasteiger partial charge on any atom is -0.444 e. The molecule has 0 spiro atoms. The van der Waals surface area contributed by atoms with Gasteiger partial charge in [0, 0.05) is 12.6 Å². The Balaban J connectivity index is 1.72. The van der Waals surface area contributed by atoms with Crippen LogP contribution in [-0.2, 0) is 4.74 Å². The first-order chi connectivity index (χ1) is 7.96. The first kappa shape index (κ1) is 12.7. The summed E-state index contributed by atoms with van der Waals surface area (Å²) in [6, 6.07) is 0.616. The number of nitrogens with one attached hydrogen (secondary N) is 2. The largest absolute Gasteiger partial charge is 0.444 e. The Kier molecular flexibility index (Phi) is 3.61. The van der Waals surface area contributed by atoms with Gasteiger partial charge in [0.15, 0.2) is 0 Å². The van der Waals surface area contributed by atoms with E-state index < -0.39 is 5.60 Å². The minimum atomic E-state index is -0.409. The molecule has 1 aliphatic carbocycles. The Labute approximate surface area is 103 Å². The molecule has 0 bridgehead atoms. The van der Waals surface area contributed by atoms with E-state index in [1.807, 2.05) is 20.8 Å². The fourth-order valence-electron chi connectivity index (χ4n) is 2.55. The molecule has 2 rings (SSSR count). The molecule has 4 nitrogen and oxygen atoms in total. The fraction of sp³-hybridized carbons (Fsp3) is 0.923. The van der Waals surface area contributed by atoms with E-state index in [-0.39, 0.29) is 6.09 Å². The number of ether oxygens (including phenoxy) is 1. The van der Waals surface area contributed by atoms with Crippen molar-refractivity contribution in [2.24, 2.45) is 11.8 Å². The van der Waals surface area contributed by atoms with Gasteiger partial charge in [0.05, 0.1) is 0 Å². The summed E-state index contributed by atoms with van der Waals surface area (Å²) < 4.78 is 5.24. The normalized spacial score (nSPS) is 29.1. The molecule has 2 unspecified atom stereocenters. The summed E-state index contributed by atoms with van der Waals surface area (Å²) in [5, 5.41) is 6.44. The van der Waals surface area contributed by atoms with Gasteiger partial charge in [-0.15, -0.1) is 0 Å². The zero-order chi connectivity index (χ0) is 12.5. The lowest BCUT2D eigenvalue weighted by molar-refractivity contribution is 0.0517. The van der Waals surface area contributed by atoms with Crippen LogP contribution < -0.4 is 10.6 Å². The average Bonchev–Trinajstić information content (AvgIpc) is 2.92. The number of carbonyl (C=O) groups is 1. The summed E-state index contributed by atoms with van der Waals surface area (Å²) in [6.07, 6.45) is 3.57. The first-order valence-electron chi connectivity index (χ1n) is 6.66. The maximum Gasteiger partial charge on any atom is 0.407 e. The monoisotopic (exact) mass is 240 g/mol. The second-order valence-corrected chi connectivity index (χ2v) is 6.25. The van der Waals surface area contributed by atoms with Crippen molar-refractivity contribution >= 4 is 6.09 Å². The molecule has 1 saturated carbocycles. The number of amides is 1. The van der Waals surface area contributed by atoms with Gasteiger partial charge >= 0.3 is 6.09 Å². The molecule has 0 aromatic carbocycles. The van der Waals surface area contributed by atoms with E-state index >= 15 is 0 Å². The van der Waals surface area contributed by atoms with Crippen LogP contribution in [0.25, 0.3) is 0 Å². The molecule has 2 atom stereocenters. The van der Waals surface area contributed by atoms with Crippen LogP contribution in [-0.4, -0.2) is 30.8 Å². The average molecular weight is 240 g/mol. The van der Waals surface area contributed by atoms with Gasteiger partial charge in [-0.05, 0) is 58.4 Å². The van der Waals surface area contributed by atoms with Crippen molar-refractivity contribution in [3.05, 3.63) is 0 Å². The molecule has 2 N–H and O–H groups in total. The highest BCUT2D eigenvalue weighted by atomic mass is 16.6. The number of alkyl carbamates (subject to hydrolysis) is 1. The second-order valence-electron chi connectivity index (χ2n) is 6.25. The van der Waals surface area contributed by atoms with Crippen LogP contribution in [0.2, 0.25) is 0 Å². The molecule has 2 aliphatic rings. The molecule has 0 aromatic rings. The van der Waals surface area contributed by atoms with Gasteiger partial charge in [0.1, 0.15) is 5.60 Å². The van der Waals surface area contributed by atoms with Crippen molar-refractivity contribution in [1.29, 1.82) is 0 Å². The van der Waals surface area contributed by atoms with Crippen molar-refractivity contribution in [2.45, 2.75) is 51.7 Å². The smallest absolute Gasteiger partial charge is 0.407 e. The standard InChI is InChI=1S/C13H24N2O2/c1-13(2,3)17-12(16)15-8-10-6-7-14-11(10)9-4-5-9/h9-11,14H,4-8H2,1-3H3,(H,15,16). The quantitative estimate of drug-likeness (QED) is 0.792. The highest BCUT2D eigenvalue weighted by Crippen LogP contribution is 2.38. The third-order valence-corrected chi connectivity index (χ3v) is 3.44. The lowest BCUT2D eigenvalue weighted by Crippen LogP contribution is -2.39. The van der Waals surface area contributed by atoms with Gasteiger partial charge < -0.3 is 15.4 Å². The van der Waals surface area contributed by atoms with Crippen LogP contribution in [0.3, 0.4) is 0 Å². The molecule has 1 saturated heterocycles. The van der Waals surface area contributed by atoms with Crippen LogP contribution in [0.5, 0.6) is 0 Å². The highest BCUT2D eigenvalue weighted by Gasteiger charge is 2.39. The van der Waals surface area contributed by atoms with E-state index in [2.05, 4.69) is 10.6 Å². The first-order valence-corrected chi connectivity index (χ1v) is 6.66. The van der Waals surface area contributed by atoms with Crippen molar-refractivity contribution in [3.63, 3.8) is 0 Å². The Morgan fingerprint density at radius 1 is 1.35 bits per heavy atom. The second kappa shape index (κ2) is 4.84. The zero-order valence-electron chi connectivity index (χ0n) is 11.1. The lowest BCUT2D eigenvalue weighted by Gasteiger charge is -2.22. The van der Waals surface area contributed by atoms with Gasteiger partial charge in [-0.25, -0.2) is 4.79 Å². The molecule has 1 amide bonds. The molecule has 1 aliphatic heterocycles. The van der Waals surface area contributed by atoms with Crippen LogP contribution in [0.1, 0.15) is 40.0 Å². The van der Waals surface area contributed by atoms with E-state index in [4.69, 9.17) is 4.74 Å². The van der Waals surface area contributed by atoms with E-state index in [1.54, 1.807) is 0 Å². The molecule has 2 fully saturated rings. The Hall–Kier alpha value is -0.770. The molecule has 1 heterocycles. The summed E-state index contributed by atoms with van der Waals surface area (Å²) in [4.78, 5) is 11.6.